The highest BCUT2D eigenvalue weighted by Crippen LogP contribution is 2.17. The molecular weight excluding hydrogens is 128 g/mol. The van der Waals surface area contributed by atoms with Gasteiger partial charge in [0.05, 0.1) is 27.2 Å². The highest BCUT2D eigenvalue weighted by atomic mass is 16.3. The first-order valence-corrected chi connectivity index (χ1v) is 3.22. The summed E-state index contributed by atoms with van der Waals surface area (Å²) in [6, 6.07) is 1.95. The molecule has 1 unspecified atom stereocenters. The predicted molar refractivity (Wildman–Crippen MR) is 38.9 cm³/mol. The van der Waals surface area contributed by atoms with Gasteiger partial charge in [-0.25, -0.2) is 0 Å². The van der Waals surface area contributed by atoms with Crippen LogP contribution in [0.4, 0.5) is 0 Å². The van der Waals surface area contributed by atoms with Crippen LogP contribution in [0, 0.1) is 11.3 Å². The Hall–Kier alpha value is -0.590. The molecule has 0 rings (SSSR count). The quantitative estimate of drug-likeness (QED) is 0.447. The van der Waals surface area contributed by atoms with E-state index in [2.05, 4.69) is 0 Å². The van der Waals surface area contributed by atoms with E-state index in [0.717, 1.165) is 0 Å². The van der Waals surface area contributed by atoms with Crippen molar-refractivity contribution in [2.24, 2.45) is 0 Å². The summed E-state index contributed by atoms with van der Waals surface area (Å²) in [7, 11) is 5.58. The van der Waals surface area contributed by atoms with Gasteiger partial charge in [-0.15, -0.1) is 0 Å². The fourth-order valence-corrected chi connectivity index (χ4v) is 0.387. The molecule has 1 N–H and O–H groups in total. The fraction of sp³-hybridized carbons (Fsp3) is 0.857. The zero-order valence-corrected chi connectivity index (χ0v) is 7.05. The largest absolute Gasteiger partial charge is 0.342 e. The van der Waals surface area contributed by atoms with Crippen LogP contribution in [0.25, 0.3) is 0 Å². The number of quaternary nitrogens is 1. The van der Waals surface area contributed by atoms with Crippen LogP contribution in [0.2, 0.25) is 0 Å². The lowest BCUT2D eigenvalue weighted by molar-refractivity contribution is -0.947. The van der Waals surface area contributed by atoms with Gasteiger partial charge in [-0.3, -0.25) is 0 Å². The van der Waals surface area contributed by atoms with Crippen molar-refractivity contribution in [2.75, 3.05) is 21.1 Å². The topological polar surface area (TPSA) is 44.0 Å². The Labute approximate surface area is 62.1 Å². The van der Waals surface area contributed by atoms with E-state index in [1.165, 1.54) is 0 Å². The monoisotopic (exact) mass is 143 g/mol. The van der Waals surface area contributed by atoms with Crippen molar-refractivity contribution >= 4 is 0 Å². The SMILES string of the molecule is CC(O)(CC#N)[N+](C)(C)C. The van der Waals surface area contributed by atoms with Gasteiger partial charge >= 0.3 is 0 Å². The van der Waals surface area contributed by atoms with Gasteiger partial charge in [0.1, 0.15) is 6.42 Å². The van der Waals surface area contributed by atoms with E-state index < -0.39 is 5.72 Å². The molecule has 10 heavy (non-hydrogen) atoms. The Morgan fingerprint density at radius 2 is 1.90 bits per heavy atom. The molecule has 0 aromatic heterocycles. The Balaban J connectivity index is 4.28. The predicted octanol–water partition coefficient (Wildman–Crippen LogP) is 0.315. The summed E-state index contributed by atoms with van der Waals surface area (Å²) >= 11 is 0. The average Bonchev–Trinajstić information content (AvgIpc) is 1.61. The molecule has 3 nitrogen and oxygen atoms in total. The first-order chi connectivity index (χ1) is 4.31. The summed E-state index contributed by atoms with van der Waals surface area (Å²) < 4.78 is 0.389. The van der Waals surface area contributed by atoms with Crippen LogP contribution in [0.15, 0.2) is 0 Å². The molecule has 0 saturated heterocycles. The third-order valence-corrected chi connectivity index (χ3v) is 1.86. The first kappa shape index (κ1) is 9.41. The molecule has 0 aromatic carbocycles. The summed E-state index contributed by atoms with van der Waals surface area (Å²) in [5.41, 5.74) is -0.936. The third-order valence-electron chi connectivity index (χ3n) is 1.86. The minimum absolute atomic E-state index is 0.163. The van der Waals surface area contributed by atoms with E-state index in [0.29, 0.717) is 4.48 Å². The summed E-state index contributed by atoms with van der Waals surface area (Å²) in [6.45, 7) is 1.66. The second kappa shape index (κ2) is 2.57. The number of hydrogen-bond acceptors (Lipinski definition) is 2. The second-order valence-corrected chi connectivity index (χ2v) is 3.56. The standard InChI is InChI=1S/C7H15N2O/c1-7(10,5-6-8)9(2,3)4/h10H,5H2,1-4H3/q+1. The van der Waals surface area contributed by atoms with E-state index in [-0.39, 0.29) is 6.42 Å². The number of hydrogen-bond donors (Lipinski definition) is 1. The van der Waals surface area contributed by atoms with Crippen molar-refractivity contribution in [2.45, 2.75) is 19.1 Å². The molecule has 0 radical (unpaired) electrons. The number of nitrogens with zero attached hydrogens (tertiary/aromatic N) is 2. The molecule has 0 aliphatic rings. The molecular formula is C7H15N2O+. The summed E-state index contributed by atoms with van der Waals surface area (Å²) in [4.78, 5) is 0. The Morgan fingerprint density at radius 1 is 1.50 bits per heavy atom. The zero-order valence-electron chi connectivity index (χ0n) is 7.05. The fourth-order valence-electron chi connectivity index (χ4n) is 0.387. The molecule has 0 aliphatic carbocycles. The van der Waals surface area contributed by atoms with Crippen LogP contribution in [0.5, 0.6) is 0 Å². The smallest absolute Gasteiger partial charge is 0.210 e. The third kappa shape index (κ3) is 1.98. The van der Waals surface area contributed by atoms with Gasteiger partial charge in [0.15, 0.2) is 0 Å². The van der Waals surface area contributed by atoms with Crippen LogP contribution in [0.3, 0.4) is 0 Å². The first-order valence-electron chi connectivity index (χ1n) is 3.22. The molecule has 0 heterocycles. The van der Waals surface area contributed by atoms with E-state index >= 15 is 0 Å². The maximum Gasteiger partial charge on any atom is 0.210 e. The van der Waals surface area contributed by atoms with Gasteiger partial charge in [0, 0.05) is 6.92 Å². The number of aliphatic hydroxyl groups is 1. The Bertz CT molecular complexity index is 150. The Morgan fingerprint density at radius 3 is 2.00 bits per heavy atom. The van der Waals surface area contributed by atoms with Crippen molar-refractivity contribution in [1.82, 2.24) is 0 Å². The van der Waals surface area contributed by atoms with Crippen LogP contribution in [-0.4, -0.2) is 36.5 Å². The molecule has 0 bridgehead atoms. The molecule has 0 aliphatic heterocycles. The molecule has 0 fully saturated rings. The molecule has 0 saturated carbocycles. The van der Waals surface area contributed by atoms with Gasteiger partial charge in [0.25, 0.3) is 0 Å². The lowest BCUT2D eigenvalue weighted by Gasteiger charge is -2.37. The van der Waals surface area contributed by atoms with E-state index in [1.807, 2.05) is 27.2 Å². The minimum atomic E-state index is -0.936. The maximum atomic E-state index is 9.60. The lowest BCUT2D eigenvalue weighted by atomic mass is 10.1. The lowest BCUT2D eigenvalue weighted by Crippen LogP contribution is -2.54. The highest BCUT2D eigenvalue weighted by molar-refractivity contribution is 4.78. The molecule has 3 heteroatoms. The molecule has 1 atom stereocenters. The van der Waals surface area contributed by atoms with Gasteiger partial charge in [0.2, 0.25) is 5.72 Å². The summed E-state index contributed by atoms with van der Waals surface area (Å²) in [5.74, 6) is 0. The van der Waals surface area contributed by atoms with Gasteiger partial charge in [-0.1, -0.05) is 0 Å². The number of nitriles is 1. The van der Waals surface area contributed by atoms with Crippen molar-refractivity contribution in [1.29, 1.82) is 5.26 Å². The molecule has 0 aromatic rings. The Kier molecular flexibility index (Phi) is 2.42. The van der Waals surface area contributed by atoms with Crippen LogP contribution < -0.4 is 0 Å². The van der Waals surface area contributed by atoms with Crippen LogP contribution in [-0.2, 0) is 0 Å². The summed E-state index contributed by atoms with van der Waals surface area (Å²) in [5, 5.41) is 17.9. The van der Waals surface area contributed by atoms with Gasteiger partial charge in [-0.2, -0.15) is 5.26 Å². The number of rotatable bonds is 2. The van der Waals surface area contributed by atoms with Crippen LogP contribution in [0.1, 0.15) is 13.3 Å². The van der Waals surface area contributed by atoms with E-state index in [9.17, 15) is 5.11 Å². The van der Waals surface area contributed by atoms with Crippen molar-refractivity contribution in [3.63, 3.8) is 0 Å². The molecule has 58 valence electrons. The maximum absolute atomic E-state index is 9.60. The van der Waals surface area contributed by atoms with Crippen molar-refractivity contribution in [3.05, 3.63) is 0 Å². The van der Waals surface area contributed by atoms with E-state index in [1.54, 1.807) is 6.92 Å². The van der Waals surface area contributed by atoms with Crippen LogP contribution >= 0.6 is 0 Å². The minimum Gasteiger partial charge on any atom is -0.342 e. The zero-order chi connectivity index (χ0) is 8.41. The second-order valence-electron chi connectivity index (χ2n) is 3.56. The van der Waals surface area contributed by atoms with Crippen molar-refractivity contribution < 1.29 is 9.59 Å². The summed E-state index contributed by atoms with van der Waals surface area (Å²) in [6.07, 6.45) is 0.163. The normalized spacial score (nSPS) is 17.6. The van der Waals surface area contributed by atoms with Gasteiger partial charge < -0.3 is 9.59 Å². The molecule has 0 amide bonds. The highest BCUT2D eigenvalue weighted by Gasteiger charge is 2.34. The average molecular weight is 143 g/mol. The molecule has 0 spiro atoms. The van der Waals surface area contributed by atoms with E-state index in [4.69, 9.17) is 5.26 Å². The van der Waals surface area contributed by atoms with Gasteiger partial charge in [-0.05, 0) is 0 Å². The van der Waals surface area contributed by atoms with Crippen molar-refractivity contribution in [3.8, 4) is 6.07 Å².